The fraction of sp³-hybridized carbons (Fsp3) is 0.154. The van der Waals surface area contributed by atoms with E-state index in [2.05, 4.69) is 5.32 Å². The van der Waals surface area contributed by atoms with Gasteiger partial charge >= 0.3 is 0 Å². The number of amides is 1. The molecular weight excluding hydrogens is 440 g/mol. The number of halogens is 1. The lowest BCUT2D eigenvalue weighted by Gasteiger charge is -2.13. The highest BCUT2D eigenvalue weighted by molar-refractivity contribution is 6.30. The lowest BCUT2D eigenvalue weighted by molar-refractivity contribution is 0.0955. The molecule has 3 aromatic carbocycles. The standard InChI is InChI=1S/C26H23ClN2O4/c1-32-23-12-7-17(15-24(23)33-2)13-14-28-25(30)22-16-29(19-10-8-18(27)9-11-19)26(31)21-6-4-3-5-20(21)22/h3-12,15-16H,13-14H2,1-2H3,(H,28,30). The number of hydrogen-bond acceptors (Lipinski definition) is 4. The minimum atomic E-state index is -0.255. The summed E-state index contributed by atoms with van der Waals surface area (Å²) in [6, 6.07) is 19.7. The number of fused-ring (bicyclic) bond motifs is 1. The molecule has 0 atom stereocenters. The van der Waals surface area contributed by atoms with Gasteiger partial charge in [0, 0.05) is 34.2 Å². The van der Waals surface area contributed by atoms with Crippen molar-refractivity contribution in [1.29, 1.82) is 0 Å². The summed E-state index contributed by atoms with van der Waals surface area (Å²) in [5, 5.41) is 4.62. The summed E-state index contributed by atoms with van der Waals surface area (Å²) in [6.07, 6.45) is 2.19. The third kappa shape index (κ3) is 4.71. The van der Waals surface area contributed by atoms with Crippen LogP contribution >= 0.6 is 11.6 Å². The number of hydrogen-bond donors (Lipinski definition) is 1. The van der Waals surface area contributed by atoms with E-state index in [1.165, 1.54) is 4.57 Å². The van der Waals surface area contributed by atoms with Gasteiger partial charge in [-0.15, -0.1) is 0 Å². The Hall–Kier alpha value is -3.77. The predicted molar refractivity (Wildman–Crippen MR) is 130 cm³/mol. The third-order valence-electron chi connectivity index (χ3n) is 5.42. The van der Waals surface area contributed by atoms with Gasteiger partial charge in [-0.1, -0.05) is 35.9 Å². The third-order valence-corrected chi connectivity index (χ3v) is 5.67. The molecule has 4 rings (SSSR count). The molecule has 1 N–H and O–H groups in total. The van der Waals surface area contributed by atoms with E-state index in [0.29, 0.717) is 51.5 Å². The van der Waals surface area contributed by atoms with Crippen molar-refractivity contribution in [2.24, 2.45) is 0 Å². The van der Waals surface area contributed by atoms with Crippen molar-refractivity contribution >= 4 is 28.3 Å². The Morgan fingerprint density at radius 1 is 0.939 bits per heavy atom. The molecule has 0 aliphatic carbocycles. The van der Waals surface area contributed by atoms with E-state index in [9.17, 15) is 9.59 Å². The molecule has 168 valence electrons. The molecule has 0 unspecified atom stereocenters. The van der Waals surface area contributed by atoms with Crippen molar-refractivity contribution in [3.8, 4) is 17.2 Å². The van der Waals surface area contributed by atoms with Gasteiger partial charge in [-0.25, -0.2) is 0 Å². The fourth-order valence-electron chi connectivity index (χ4n) is 3.72. The van der Waals surface area contributed by atoms with Gasteiger partial charge in [0.1, 0.15) is 0 Å². The number of carbonyl (C=O) groups is 1. The summed E-state index contributed by atoms with van der Waals surface area (Å²) >= 11 is 5.99. The Labute approximate surface area is 196 Å². The van der Waals surface area contributed by atoms with Gasteiger partial charge in [0.05, 0.1) is 19.8 Å². The molecular formula is C26H23ClN2O4. The van der Waals surface area contributed by atoms with Crippen molar-refractivity contribution in [2.45, 2.75) is 6.42 Å². The van der Waals surface area contributed by atoms with Crippen molar-refractivity contribution in [2.75, 3.05) is 20.8 Å². The summed E-state index contributed by atoms with van der Waals surface area (Å²) in [5.74, 6) is 1.04. The largest absolute Gasteiger partial charge is 0.493 e. The summed E-state index contributed by atoms with van der Waals surface area (Å²) in [6.45, 7) is 0.419. The fourth-order valence-corrected chi connectivity index (χ4v) is 3.84. The molecule has 0 spiro atoms. The Kier molecular flexibility index (Phi) is 6.66. The maximum atomic E-state index is 13.1. The van der Waals surface area contributed by atoms with Crippen LogP contribution in [-0.2, 0) is 6.42 Å². The normalized spacial score (nSPS) is 10.8. The number of nitrogens with one attached hydrogen (secondary N) is 1. The zero-order valence-electron chi connectivity index (χ0n) is 18.3. The number of aromatic nitrogens is 1. The van der Waals surface area contributed by atoms with Crippen molar-refractivity contribution in [3.05, 3.63) is 99.4 Å². The summed E-state index contributed by atoms with van der Waals surface area (Å²) in [7, 11) is 3.18. The summed E-state index contributed by atoms with van der Waals surface area (Å²) < 4.78 is 12.1. The smallest absolute Gasteiger partial charge is 0.262 e. The second-order valence-electron chi connectivity index (χ2n) is 7.44. The minimum absolute atomic E-state index is 0.199. The molecule has 0 saturated carbocycles. The van der Waals surface area contributed by atoms with Crippen molar-refractivity contribution < 1.29 is 14.3 Å². The first-order valence-electron chi connectivity index (χ1n) is 10.4. The van der Waals surface area contributed by atoms with Crippen LogP contribution < -0.4 is 20.3 Å². The number of methoxy groups -OCH3 is 2. The van der Waals surface area contributed by atoms with Gasteiger partial charge in [-0.2, -0.15) is 0 Å². The van der Waals surface area contributed by atoms with Crippen molar-refractivity contribution in [1.82, 2.24) is 9.88 Å². The Bertz CT molecular complexity index is 1360. The van der Waals surface area contributed by atoms with E-state index >= 15 is 0 Å². The van der Waals surface area contributed by atoms with Crippen molar-refractivity contribution in [3.63, 3.8) is 0 Å². The number of ether oxygens (including phenoxy) is 2. The van der Waals surface area contributed by atoms with Gasteiger partial charge in [0.25, 0.3) is 11.5 Å². The van der Waals surface area contributed by atoms with E-state index in [0.717, 1.165) is 5.56 Å². The second kappa shape index (κ2) is 9.79. The molecule has 7 heteroatoms. The lowest BCUT2D eigenvalue weighted by atomic mass is 10.1. The molecule has 0 aliphatic heterocycles. The van der Waals surface area contributed by atoms with E-state index in [1.807, 2.05) is 24.3 Å². The van der Waals surface area contributed by atoms with Crippen LogP contribution in [0.3, 0.4) is 0 Å². The molecule has 1 heterocycles. The van der Waals surface area contributed by atoms with E-state index in [1.54, 1.807) is 62.9 Å². The zero-order valence-corrected chi connectivity index (χ0v) is 19.1. The molecule has 0 saturated heterocycles. The Morgan fingerprint density at radius 2 is 1.64 bits per heavy atom. The monoisotopic (exact) mass is 462 g/mol. The number of pyridine rings is 1. The van der Waals surface area contributed by atoms with E-state index < -0.39 is 0 Å². The van der Waals surface area contributed by atoms with Crippen LogP contribution in [0.15, 0.2) is 77.7 Å². The maximum Gasteiger partial charge on any atom is 0.262 e. The maximum absolute atomic E-state index is 13.1. The molecule has 33 heavy (non-hydrogen) atoms. The van der Waals surface area contributed by atoms with Gasteiger partial charge in [-0.05, 0) is 54.4 Å². The predicted octanol–water partition coefficient (Wildman–Crippen LogP) is 4.63. The summed E-state index contributed by atoms with van der Waals surface area (Å²) in [4.78, 5) is 26.2. The van der Waals surface area contributed by atoms with Gasteiger partial charge in [-0.3, -0.25) is 14.2 Å². The Balaban J connectivity index is 1.61. The highest BCUT2D eigenvalue weighted by atomic mass is 35.5. The van der Waals surface area contributed by atoms with Gasteiger partial charge in [0.15, 0.2) is 11.5 Å². The van der Waals surface area contributed by atoms with Crippen LogP contribution in [0.1, 0.15) is 15.9 Å². The molecule has 4 aromatic rings. The molecule has 0 fully saturated rings. The molecule has 0 radical (unpaired) electrons. The molecule has 6 nitrogen and oxygen atoms in total. The van der Waals surface area contributed by atoms with E-state index in [-0.39, 0.29) is 11.5 Å². The molecule has 0 bridgehead atoms. The number of nitrogens with zero attached hydrogens (tertiary/aromatic N) is 1. The first kappa shape index (κ1) is 22.4. The number of rotatable bonds is 7. The first-order valence-corrected chi connectivity index (χ1v) is 10.8. The molecule has 0 aliphatic rings. The average Bonchev–Trinajstić information content (AvgIpc) is 2.85. The van der Waals surface area contributed by atoms with Crippen LogP contribution in [0.5, 0.6) is 11.5 Å². The first-order chi connectivity index (χ1) is 16.0. The SMILES string of the molecule is COc1ccc(CCNC(=O)c2cn(-c3ccc(Cl)cc3)c(=O)c3ccccc23)cc1OC. The quantitative estimate of drug-likeness (QED) is 0.434. The highest BCUT2D eigenvalue weighted by Crippen LogP contribution is 2.27. The van der Waals surface area contributed by atoms with Crippen LogP contribution in [0.4, 0.5) is 0 Å². The van der Waals surface area contributed by atoms with Crippen LogP contribution in [0, 0.1) is 0 Å². The van der Waals surface area contributed by atoms with Gasteiger partial charge in [0.2, 0.25) is 0 Å². The number of carbonyl (C=O) groups excluding carboxylic acids is 1. The zero-order chi connectivity index (χ0) is 23.4. The molecule has 1 amide bonds. The Morgan fingerprint density at radius 3 is 2.33 bits per heavy atom. The summed E-state index contributed by atoms with van der Waals surface area (Å²) in [5.41, 5.74) is 1.86. The van der Waals surface area contributed by atoms with Crippen LogP contribution in [0.2, 0.25) is 5.02 Å². The van der Waals surface area contributed by atoms with Crippen LogP contribution in [0.25, 0.3) is 16.5 Å². The van der Waals surface area contributed by atoms with Crippen LogP contribution in [-0.4, -0.2) is 31.2 Å². The molecule has 1 aromatic heterocycles. The highest BCUT2D eigenvalue weighted by Gasteiger charge is 2.15. The lowest BCUT2D eigenvalue weighted by Crippen LogP contribution is -2.28. The average molecular weight is 463 g/mol. The second-order valence-corrected chi connectivity index (χ2v) is 7.87. The number of benzene rings is 3. The topological polar surface area (TPSA) is 69.6 Å². The minimum Gasteiger partial charge on any atom is -0.493 e. The van der Waals surface area contributed by atoms with Gasteiger partial charge < -0.3 is 14.8 Å². The van der Waals surface area contributed by atoms with E-state index in [4.69, 9.17) is 21.1 Å².